The third kappa shape index (κ3) is 4.77. The van der Waals surface area contributed by atoms with Crippen molar-refractivity contribution >= 4 is 22.9 Å². The van der Waals surface area contributed by atoms with Gasteiger partial charge < -0.3 is 19.1 Å². The van der Waals surface area contributed by atoms with Gasteiger partial charge in [-0.3, -0.25) is 0 Å². The molecule has 1 aliphatic heterocycles. The first-order chi connectivity index (χ1) is 15.6. The predicted octanol–water partition coefficient (Wildman–Crippen LogP) is 5.71. The maximum atomic E-state index is 14.2. The van der Waals surface area contributed by atoms with Gasteiger partial charge in [0.1, 0.15) is 23.4 Å². The molecular formula is C24H35F2N5O2. The van der Waals surface area contributed by atoms with Crippen LogP contribution in [0.3, 0.4) is 0 Å². The van der Waals surface area contributed by atoms with Gasteiger partial charge in [0, 0.05) is 43.0 Å². The molecule has 0 N–H and O–H groups in total. The summed E-state index contributed by atoms with van der Waals surface area (Å²) < 4.78 is 35.9. The number of anilines is 1. The van der Waals surface area contributed by atoms with Crippen molar-refractivity contribution in [2.45, 2.75) is 96.9 Å². The summed E-state index contributed by atoms with van der Waals surface area (Å²) in [6, 6.07) is -0.0799. The zero-order chi connectivity index (χ0) is 23.9. The summed E-state index contributed by atoms with van der Waals surface area (Å²) in [5.74, 6) is 0.521. The highest BCUT2D eigenvalue weighted by atomic mass is 19.3. The van der Waals surface area contributed by atoms with Crippen LogP contribution in [0.25, 0.3) is 11.0 Å². The minimum atomic E-state index is -2.61. The number of ether oxygens (including phenoxy) is 1. The minimum absolute atomic E-state index is 0.0133. The zero-order valence-corrected chi connectivity index (χ0v) is 20.2. The molecule has 2 aromatic rings. The van der Waals surface area contributed by atoms with Crippen molar-refractivity contribution in [3.05, 3.63) is 18.1 Å². The number of hydrogen-bond donors (Lipinski definition) is 0. The van der Waals surface area contributed by atoms with E-state index in [1.54, 1.807) is 11.1 Å². The van der Waals surface area contributed by atoms with Crippen molar-refractivity contribution in [3.8, 4) is 0 Å². The Labute approximate surface area is 194 Å². The number of amides is 1. The highest BCUT2D eigenvalue weighted by molar-refractivity contribution is 5.92. The zero-order valence-electron chi connectivity index (χ0n) is 20.2. The molecule has 0 radical (unpaired) electrons. The van der Waals surface area contributed by atoms with E-state index in [9.17, 15) is 13.6 Å². The van der Waals surface area contributed by atoms with Gasteiger partial charge in [0.25, 0.3) is 6.43 Å². The standard InChI is InChI=1S/C24H35F2N5O2/c1-15-12-30(23(32)33-24(3,4)5)16(2)11-29(15)21-19-18(20(25)26)13-31(22(19)28-14-27-21)17-9-7-6-8-10-17/h13-17,20H,6-12H2,1-5H3/t15-,16+/m0/s1. The van der Waals surface area contributed by atoms with Gasteiger partial charge in [0.15, 0.2) is 0 Å². The van der Waals surface area contributed by atoms with Crippen LogP contribution < -0.4 is 4.90 Å². The lowest BCUT2D eigenvalue weighted by atomic mass is 9.95. The van der Waals surface area contributed by atoms with Gasteiger partial charge in [0.05, 0.1) is 5.39 Å². The van der Waals surface area contributed by atoms with Gasteiger partial charge >= 0.3 is 6.09 Å². The molecule has 2 fully saturated rings. The van der Waals surface area contributed by atoms with Gasteiger partial charge in [0.2, 0.25) is 0 Å². The molecule has 1 aliphatic carbocycles. The highest BCUT2D eigenvalue weighted by Crippen LogP contribution is 2.39. The smallest absolute Gasteiger partial charge is 0.410 e. The van der Waals surface area contributed by atoms with Crippen molar-refractivity contribution in [1.82, 2.24) is 19.4 Å². The van der Waals surface area contributed by atoms with Gasteiger partial charge in [-0.15, -0.1) is 0 Å². The Balaban J connectivity index is 1.68. The molecule has 182 valence electrons. The van der Waals surface area contributed by atoms with Crippen molar-refractivity contribution in [1.29, 1.82) is 0 Å². The fourth-order valence-corrected chi connectivity index (χ4v) is 5.11. The summed E-state index contributed by atoms with van der Waals surface area (Å²) in [6.07, 6.45) is 5.46. The van der Waals surface area contributed by atoms with Gasteiger partial charge in [-0.2, -0.15) is 0 Å². The van der Waals surface area contributed by atoms with E-state index >= 15 is 0 Å². The molecule has 0 unspecified atom stereocenters. The van der Waals surface area contributed by atoms with E-state index in [2.05, 4.69) is 9.97 Å². The van der Waals surface area contributed by atoms with Crippen LogP contribution in [0.4, 0.5) is 19.4 Å². The molecule has 7 nitrogen and oxygen atoms in total. The molecule has 0 bridgehead atoms. The van der Waals surface area contributed by atoms with Crippen molar-refractivity contribution in [2.75, 3.05) is 18.0 Å². The number of carbonyl (C=O) groups is 1. The van der Waals surface area contributed by atoms with Crippen LogP contribution in [0.15, 0.2) is 12.5 Å². The fraction of sp³-hybridized carbons (Fsp3) is 0.708. The molecule has 9 heteroatoms. The average molecular weight is 464 g/mol. The topological polar surface area (TPSA) is 63.5 Å². The van der Waals surface area contributed by atoms with Gasteiger partial charge in [-0.1, -0.05) is 19.3 Å². The largest absolute Gasteiger partial charge is 0.444 e. The summed E-state index contributed by atoms with van der Waals surface area (Å²) >= 11 is 0. The van der Waals surface area contributed by atoms with E-state index in [1.807, 2.05) is 44.1 Å². The van der Waals surface area contributed by atoms with Crippen LogP contribution in [0.5, 0.6) is 0 Å². The maximum absolute atomic E-state index is 14.2. The fourth-order valence-electron chi connectivity index (χ4n) is 5.11. The summed E-state index contributed by atoms with van der Waals surface area (Å²) in [5.41, 5.74) is -0.0123. The van der Waals surface area contributed by atoms with E-state index in [4.69, 9.17) is 4.74 Å². The van der Waals surface area contributed by atoms with Crippen LogP contribution in [-0.4, -0.2) is 56.3 Å². The quantitative estimate of drug-likeness (QED) is 0.584. The lowest BCUT2D eigenvalue weighted by Crippen LogP contribution is -2.59. The SMILES string of the molecule is C[C@@H]1CN(c2ncnc3c2c(C(F)F)cn3C2CCCCC2)[C@@H](C)CN1C(=O)OC(C)(C)C. The Morgan fingerprint density at radius 2 is 1.79 bits per heavy atom. The van der Waals surface area contributed by atoms with E-state index in [-0.39, 0.29) is 29.8 Å². The Kier molecular flexibility index (Phi) is 6.51. The van der Waals surface area contributed by atoms with Crippen LogP contribution in [0, 0.1) is 0 Å². The number of aromatic nitrogens is 3. The molecule has 1 amide bonds. The Morgan fingerprint density at radius 1 is 1.09 bits per heavy atom. The molecule has 0 aromatic carbocycles. The molecule has 2 aromatic heterocycles. The molecule has 1 saturated carbocycles. The second-order valence-corrected chi connectivity index (χ2v) is 10.5. The monoisotopic (exact) mass is 463 g/mol. The average Bonchev–Trinajstić information content (AvgIpc) is 3.15. The minimum Gasteiger partial charge on any atom is -0.444 e. The molecule has 0 spiro atoms. The number of carbonyl (C=O) groups excluding carboxylic acids is 1. The number of halogens is 2. The Hall–Kier alpha value is -2.45. The number of nitrogens with zero attached hydrogens (tertiary/aromatic N) is 5. The maximum Gasteiger partial charge on any atom is 0.410 e. The molecule has 4 rings (SSSR count). The third-order valence-electron chi connectivity index (χ3n) is 6.71. The Bertz CT molecular complexity index is 997. The third-order valence-corrected chi connectivity index (χ3v) is 6.71. The second-order valence-electron chi connectivity index (χ2n) is 10.5. The molecular weight excluding hydrogens is 428 g/mol. The first-order valence-electron chi connectivity index (χ1n) is 12.0. The first kappa shape index (κ1) is 23.7. The van der Waals surface area contributed by atoms with Crippen LogP contribution in [0.2, 0.25) is 0 Å². The van der Waals surface area contributed by atoms with Gasteiger partial charge in [-0.25, -0.2) is 23.5 Å². The summed E-state index contributed by atoms with van der Waals surface area (Å²) in [7, 11) is 0. The summed E-state index contributed by atoms with van der Waals surface area (Å²) in [6.45, 7) is 10.4. The van der Waals surface area contributed by atoms with Crippen molar-refractivity contribution < 1.29 is 18.3 Å². The Morgan fingerprint density at radius 3 is 2.42 bits per heavy atom. The van der Waals surface area contributed by atoms with E-state index < -0.39 is 12.0 Å². The predicted molar refractivity (Wildman–Crippen MR) is 124 cm³/mol. The van der Waals surface area contributed by atoms with E-state index in [0.717, 1.165) is 25.7 Å². The first-order valence-corrected chi connectivity index (χ1v) is 12.0. The van der Waals surface area contributed by atoms with Crippen LogP contribution in [-0.2, 0) is 4.74 Å². The van der Waals surface area contributed by atoms with Crippen LogP contribution in [0.1, 0.15) is 84.8 Å². The molecule has 3 heterocycles. The van der Waals surface area contributed by atoms with Crippen molar-refractivity contribution in [3.63, 3.8) is 0 Å². The second kappa shape index (κ2) is 9.06. The van der Waals surface area contributed by atoms with Crippen molar-refractivity contribution in [2.24, 2.45) is 0 Å². The van der Waals surface area contributed by atoms with E-state index in [0.29, 0.717) is 29.9 Å². The van der Waals surface area contributed by atoms with Gasteiger partial charge in [-0.05, 0) is 47.5 Å². The molecule has 2 atom stereocenters. The molecule has 1 saturated heterocycles. The number of piperazine rings is 1. The summed E-state index contributed by atoms with van der Waals surface area (Å²) in [5, 5.41) is 0.433. The number of fused-ring (bicyclic) bond motifs is 1. The van der Waals surface area contributed by atoms with Crippen LogP contribution >= 0.6 is 0 Å². The van der Waals surface area contributed by atoms with E-state index in [1.165, 1.54) is 12.7 Å². The molecule has 2 aliphatic rings. The number of hydrogen-bond acceptors (Lipinski definition) is 5. The number of rotatable bonds is 3. The summed E-state index contributed by atoms with van der Waals surface area (Å²) in [4.78, 5) is 25.4. The highest BCUT2D eigenvalue weighted by Gasteiger charge is 2.37. The normalized spacial score (nSPS) is 22.9. The lowest BCUT2D eigenvalue weighted by Gasteiger charge is -2.44. The molecule has 33 heavy (non-hydrogen) atoms. The lowest BCUT2D eigenvalue weighted by molar-refractivity contribution is 0.0130. The number of alkyl halides is 2.